The molecule has 0 rings (SSSR count). The van der Waals surface area contributed by atoms with Gasteiger partial charge in [0.15, 0.2) is 0 Å². The van der Waals surface area contributed by atoms with Crippen molar-refractivity contribution in [1.82, 2.24) is 0 Å². The molecule has 6 heteroatoms. The van der Waals surface area contributed by atoms with Gasteiger partial charge in [0, 0.05) is 0 Å². The number of aliphatic hydroxyl groups excluding tert-OH is 1. The SMILES string of the molecule is C=CS(=O)(=O)OCCO.[NaH]. The molecule has 0 amide bonds. The quantitative estimate of drug-likeness (QED) is 0.432. The van der Waals surface area contributed by atoms with Crippen LogP contribution < -0.4 is 0 Å². The molecule has 0 saturated carbocycles. The summed E-state index contributed by atoms with van der Waals surface area (Å²) in [6.45, 7) is 2.46. The van der Waals surface area contributed by atoms with Gasteiger partial charge in [-0.3, -0.25) is 4.18 Å². The van der Waals surface area contributed by atoms with Crippen molar-refractivity contribution >= 4 is 39.7 Å². The average molecular weight is 176 g/mol. The zero-order valence-electron chi connectivity index (χ0n) is 4.78. The van der Waals surface area contributed by atoms with Crippen LogP contribution in [0.4, 0.5) is 0 Å². The Morgan fingerprint density at radius 1 is 1.60 bits per heavy atom. The molecule has 0 aromatic heterocycles. The molecule has 0 spiro atoms. The molecule has 0 aliphatic rings. The van der Waals surface area contributed by atoms with E-state index in [-0.39, 0.29) is 42.8 Å². The van der Waals surface area contributed by atoms with E-state index in [4.69, 9.17) is 5.11 Å². The Labute approximate surface area is 82.3 Å². The van der Waals surface area contributed by atoms with Gasteiger partial charge in [-0.25, -0.2) is 0 Å². The molecule has 0 aliphatic carbocycles. The first-order chi connectivity index (χ1) is 4.12. The van der Waals surface area contributed by atoms with Crippen molar-refractivity contribution in [1.29, 1.82) is 0 Å². The fourth-order valence-corrected chi connectivity index (χ4v) is 0.605. The zero-order chi connectivity index (χ0) is 7.33. The molecule has 0 bridgehead atoms. The van der Waals surface area contributed by atoms with E-state index < -0.39 is 10.1 Å². The molecule has 0 atom stereocenters. The fraction of sp³-hybridized carbons (Fsp3) is 0.500. The molecule has 4 nitrogen and oxygen atoms in total. The van der Waals surface area contributed by atoms with E-state index in [1.54, 1.807) is 0 Å². The second-order valence-electron chi connectivity index (χ2n) is 1.21. The molecule has 0 aromatic rings. The summed E-state index contributed by atoms with van der Waals surface area (Å²) < 4.78 is 24.7. The molecule has 0 heterocycles. The number of hydrogen-bond acceptors (Lipinski definition) is 4. The molecule has 0 aliphatic heterocycles. The van der Waals surface area contributed by atoms with Crippen molar-refractivity contribution in [3.05, 3.63) is 12.0 Å². The Morgan fingerprint density at radius 3 is 2.40 bits per heavy atom. The normalized spacial score (nSPS) is 10.1. The molecule has 56 valence electrons. The van der Waals surface area contributed by atoms with Crippen molar-refractivity contribution in [2.24, 2.45) is 0 Å². The summed E-state index contributed by atoms with van der Waals surface area (Å²) in [5.74, 6) is 0. The molecule has 0 saturated heterocycles. The zero-order valence-corrected chi connectivity index (χ0v) is 5.60. The molecule has 0 unspecified atom stereocenters. The Morgan fingerprint density at radius 2 is 2.10 bits per heavy atom. The van der Waals surface area contributed by atoms with Gasteiger partial charge in [-0.2, -0.15) is 8.42 Å². The van der Waals surface area contributed by atoms with Crippen LogP contribution in [0.3, 0.4) is 0 Å². The summed E-state index contributed by atoms with van der Waals surface area (Å²) in [5.41, 5.74) is 0. The van der Waals surface area contributed by atoms with Crippen LogP contribution in [-0.2, 0) is 14.3 Å². The van der Waals surface area contributed by atoms with Crippen LogP contribution in [0, 0.1) is 0 Å². The second-order valence-corrected chi connectivity index (χ2v) is 2.76. The summed E-state index contributed by atoms with van der Waals surface area (Å²) in [6.07, 6.45) is 0. The maximum atomic E-state index is 10.3. The van der Waals surface area contributed by atoms with E-state index >= 15 is 0 Å². The van der Waals surface area contributed by atoms with Gasteiger partial charge in [-0.15, -0.1) is 0 Å². The van der Waals surface area contributed by atoms with Crippen molar-refractivity contribution in [3.8, 4) is 0 Å². The maximum absolute atomic E-state index is 10.3. The summed E-state index contributed by atoms with van der Waals surface area (Å²) in [7, 11) is -3.58. The first-order valence-corrected chi connectivity index (χ1v) is 3.72. The predicted octanol–water partition coefficient (Wildman–Crippen LogP) is -1.18. The summed E-state index contributed by atoms with van der Waals surface area (Å²) in [4.78, 5) is 0. The van der Waals surface area contributed by atoms with Crippen LogP contribution in [0.15, 0.2) is 12.0 Å². The Hall–Kier alpha value is 0.610. The van der Waals surface area contributed by atoms with Crippen molar-refractivity contribution < 1.29 is 17.7 Å². The molecular weight excluding hydrogens is 167 g/mol. The Bertz CT molecular complexity index is 174. The van der Waals surface area contributed by atoms with E-state index in [2.05, 4.69) is 10.8 Å². The van der Waals surface area contributed by atoms with Gasteiger partial charge in [-0.05, 0) is 0 Å². The predicted molar refractivity (Wildman–Crippen MR) is 39.3 cm³/mol. The molecular formula is C4H9NaO4S. The van der Waals surface area contributed by atoms with E-state index in [0.29, 0.717) is 5.41 Å². The first-order valence-electron chi connectivity index (χ1n) is 2.25. The summed E-state index contributed by atoms with van der Waals surface area (Å²) in [6, 6.07) is 0. The van der Waals surface area contributed by atoms with Crippen LogP contribution >= 0.6 is 0 Å². The van der Waals surface area contributed by atoms with Gasteiger partial charge >= 0.3 is 29.6 Å². The third-order valence-electron chi connectivity index (χ3n) is 0.543. The second kappa shape index (κ2) is 6.33. The molecule has 10 heavy (non-hydrogen) atoms. The van der Waals surface area contributed by atoms with E-state index in [1.165, 1.54) is 0 Å². The van der Waals surface area contributed by atoms with E-state index in [0.717, 1.165) is 0 Å². The van der Waals surface area contributed by atoms with Crippen LogP contribution in [0.1, 0.15) is 0 Å². The first kappa shape index (κ1) is 13.2. The third kappa shape index (κ3) is 6.73. The average Bonchev–Trinajstić information content (AvgIpc) is 1.84. The van der Waals surface area contributed by atoms with Crippen molar-refractivity contribution in [3.63, 3.8) is 0 Å². The summed E-state index contributed by atoms with van der Waals surface area (Å²) >= 11 is 0. The topological polar surface area (TPSA) is 63.6 Å². The monoisotopic (exact) mass is 176 g/mol. The number of rotatable bonds is 4. The van der Waals surface area contributed by atoms with Gasteiger partial charge < -0.3 is 5.11 Å². The van der Waals surface area contributed by atoms with Gasteiger partial charge in [0.25, 0.3) is 10.1 Å². The minimum atomic E-state index is -3.58. The summed E-state index contributed by atoms with van der Waals surface area (Å²) in [5, 5.41) is 8.78. The fourth-order valence-electron chi connectivity index (χ4n) is 0.202. The van der Waals surface area contributed by atoms with Crippen LogP contribution in [0.25, 0.3) is 0 Å². The van der Waals surface area contributed by atoms with Gasteiger partial charge in [0.1, 0.15) is 0 Å². The van der Waals surface area contributed by atoms with Gasteiger partial charge in [0.05, 0.1) is 18.6 Å². The van der Waals surface area contributed by atoms with Crippen LogP contribution in [0.5, 0.6) is 0 Å². The van der Waals surface area contributed by atoms with Gasteiger partial charge in [0.2, 0.25) is 0 Å². The van der Waals surface area contributed by atoms with Crippen molar-refractivity contribution in [2.75, 3.05) is 13.2 Å². The van der Waals surface area contributed by atoms with Crippen LogP contribution in [-0.4, -0.2) is 56.3 Å². The van der Waals surface area contributed by atoms with Crippen molar-refractivity contribution in [2.45, 2.75) is 0 Å². The standard InChI is InChI=1S/C4H8O4S.Na.H/c1-2-9(6,7)8-4-3-5;;/h2,5H,1,3-4H2;;. The Balaban J connectivity index is 0. The van der Waals surface area contributed by atoms with E-state index in [9.17, 15) is 8.42 Å². The molecule has 0 fully saturated rings. The number of aliphatic hydroxyl groups is 1. The third-order valence-corrected chi connectivity index (χ3v) is 1.45. The van der Waals surface area contributed by atoms with Crippen LogP contribution in [0.2, 0.25) is 0 Å². The Kier molecular flexibility index (Phi) is 8.36. The number of hydrogen-bond donors (Lipinski definition) is 1. The molecule has 1 N–H and O–H groups in total. The minimum absolute atomic E-state index is 0. The van der Waals surface area contributed by atoms with E-state index in [1.807, 2.05) is 0 Å². The molecule has 0 aromatic carbocycles. The van der Waals surface area contributed by atoms with Gasteiger partial charge in [-0.1, -0.05) is 6.58 Å². The molecule has 0 radical (unpaired) electrons.